The van der Waals surface area contributed by atoms with Crippen LogP contribution in [0.2, 0.25) is 0 Å². The van der Waals surface area contributed by atoms with Gasteiger partial charge in [0.05, 0.1) is 0 Å². The highest BCUT2D eigenvalue weighted by atomic mass is 16.2. The van der Waals surface area contributed by atoms with E-state index < -0.39 is 6.04 Å². The van der Waals surface area contributed by atoms with Crippen LogP contribution < -0.4 is 11.1 Å². The fourth-order valence-electron chi connectivity index (χ4n) is 0.935. The lowest BCUT2D eigenvalue weighted by atomic mass is 9.95. The summed E-state index contributed by atoms with van der Waals surface area (Å²) in [6.07, 6.45) is 0. The molecule has 0 radical (unpaired) electrons. The van der Waals surface area contributed by atoms with Gasteiger partial charge in [-0.25, -0.2) is 0 Å². The minimum atomic E-state index is -0.446. The van der Waals surface area contributed by atoms with Crippen LogP contribution in [0.15, 0.2) is 4.99 Å². The molecule has 0 aromatic rings. The molecule has 0 aliphatic carbocycles. The summed E-state index contributed by atoms with van der Waals surface area (Å²) >= 11 is 0. The number of nitrogens with two attached hydrogens (primary N) is 1. The Balaban J connectivity index is 4.60. The molecule has 0 saturated carbocycles. The van der Waals surface area contributed by atoms with Gasteiger partial charge in [-0.1, -0.05) is 20.8 Å². The molecule has 4 nitrogen and oxygen atoms in total. The van der Waals surface area contributed by atoms with Gasteiger partial charge in [0, 0.05) is 11.0 Å². The van der Waals surface area contributed by atoms with Gasteiger partial charge < -0.3 is 11.1 Å². The van der Waals surface area contributed by atoms with Crippen molar-refractivity contribution < 1.29 is 4.79 Å². The molecule has 94 valence electrons. The van der Waals surface area contributed by atoms with Crippen LogP contribution in [-0.2, 0) is 4.79 Å². The van der Waals surface area contributed by atoms with Crippen molar-refractivity contribution in [3.05, 3.63) is 0 Å². The fourth-order valence-corrected chi connectivity index (χ4v) is 0.935. The van der Waals surface area contributed by atoms with Crippen molar-refractivity contribution in [2.45, 2.75) is 60.0 Å². The van der Waals surface area contributed by atoms with E-state index in [0.717, 1.165) is 0 Å². The van der Waals surface area contributed by atoms with Gasteiger partial charge in [-0.05, 0) is 27.7 Å². The summed E-state index contributed by atoms with van der Waals surface area (Å²) in [5.41, 5.74) is 5.39. The zero-order valence-electron chi connectivity index (χ0n) is 11.5. The second-order valence-corrected chi connectivity index (χ2v) is 6.18. The Kier molecular flexibility index (Phi) is 4.53. The van der Waals surface area contributed by atoms with E-state index in [2.05, 4.69) is 10.3 Å². The predicted molar refractivity (Wildman–Crippen MR) is 68.4 cm³/mol. The maximum Gasteiger partial charge on any atom is 0.244 e. The molecule has 0 spiro atoms. The van der Waals surface area contributed by atoms with Crippen LogP contribution in [0.4, 0.5) is 0 Å². The van der Waals surface area contributed by atoms with Gasteiger partial charge in [0.2, 0.25) is 5.91 Å². The lowest BCUT2D eigenvalue weighted by Gasteiger charge is -2.23. The molecular weight excluding hydrogens is 202 g/mol. The third kappa shape index (κ3) is 5.73. The van der Waals surface area contributed by atoms with Crippen molar-refractivity contribution in [3.8, 4) is 0 Å². The number of carbonyl (C=O) groups is 1. The summed E-state index contributed by atoms with van der Waals surface area (Å²) in [5, 5.41) is 2.87. The van der Waals surface area contributed by atoms with E-state index in [4.69, 9.17) is 5.73 Å². The molecule has 1 amide bonds. The summed E-state index contributed by atoms with van der Waals surface area (Å²) in [4.78, 5) is 16.0. The van der Waals surface area contributed by atoms with E-state index >= 15 is 0 Å². The zero-order valence-corrected chi connectivity index (χ0v) is 11.5. The third-order valence-corrected chi connectivity index (χ3v) is 1.98. The Morgan fingerprint density at radius 2 is 1.62 bits per heavy atom. The highest BCUT2D eigenvalue weighted by Crippen LogP contribution is 2.13. The average molecular weight is 227 g/mol. The predicted octanol–water partition coefficient (Wildman–Crippen LogP) is 1.69. The highest BCUT2D eigenvalue weighted by Gasteiger charge is 2.21. The van der Waals surface area contributed by atoms with Crippen LogP contribution in [0.1, 0.15) is 48.5 Å². The molecule has 0 aromatic carbocycles. The molecule has 0 bridgehead atoms. The van der Waals surface area contributed by atoms with Gasteiger partial charge in [0.15, 0.2) is 0 Å². The summed E-state index contributed by atoms with van der Waals surface area (Å²) in [6.45, 7) is 13.5. The van der Waals surface area contributed by atoms with Crippen LogP contribution in [0, 0.1) is 5.41 Å². The molecule has 0 rings (SSSR count). The van der Waals surface area contributed by atoms with Gasteiger partial charge in [-0.15, -0.1) is 0 Å². The zero-order chi connectivity index (χ0) is 13.1. The van der Waals surface area contributed by atoms with Crippen molar-refractivity contribution in [1.29, 1.82) is 0 Å². The van der Waals surface area contributed by atoms with Crippen molar-refractivity contribution in [2.75, 3.05) is 0 Å². The highest BCUT2D eigenvalue weighted by molar-refractivity contribution is 5.90. The second-order valence-electron chi connectivity index (χ2n) is 6.18. The first-order valence-electron chi connectivity index (χ1n) is 5.59. The third-order valence-electron chi connectivity index (χ3n) is 1.98. The van der Waals surface area contributed by atoms with E-state index in [-0.39, 0.29) is 16.9 Å². The largest absolute Gasteiger partial charge is 0.387 e. The Bertz CT molecular complexity index is 282. The molecule has 0 heterocycles. The van der Waals surface area contributed by atoms with Gasteiger partial charge in [0.25, 0.3) is 0 Å². The second kappa shape index (κ2) is 4.85. The molecular formula is C12H25N3O. The Hall–Kier alpha value is -1.06. The first-order chi connectivity index (χ1) is 6.93. The van der Waals surface area contributed by atoms with Gasteiger partial charge in [-0.2, -0.15) is 0 Å². The number of amidine groups is 1. The smallest absolute Gasteiger partial charge is 0.244 e. The first-order valence-corrected chi connectivity index (χ1v) is 5.59. The van der Waals surface area contributed by atoms with E-state index in [9.17, 15) is 4.79 Å². The normalized spacial score (nSPS) is 15.8. The summed E-state index contributed by atoms with van der Waals surface area (Å²) < 4.78 is 0. The molecule has 1 unspecified atom stereocenters. The van der Waals surface area contributed by atoms with Crippen LogP contribution in [-0.4, -0.2) is 23.3 Å². The Morgan fingerprint density at radius 1 is 1.19 bits per heavy atom. The Morgan fingerprint density at radius 3 is 1.94 bits per heavy atom. The SMILES string of the molecule is CC(N=C(N)C(C)(C)C)C(=O)NC(C)(C)C. The molecule has 0 aromatic heterocycles. The number of nitrogens with one attached hydrogen (secondary N) is 1. The monoisotopic (exact) mass is 227 g/mol. The van der Waals surface area contributed by atoms with Crippen LogP contribution in [0.25, 0.3) is 0 Å². The number of hydrogen-bond acceptors (Lipinski definition) is 2. The number of carbonyl (C=O) groups excluding carboxylic acids is 1. The summed E-state index contributed by atoms with van der Waals surface area (Å²) in [7, 11) is 0. The molecule has 1 atom stereocenters. The first kappa shape index (κ1) is 14.9. The van der Waals surface area contributed by atoms with E-state index in [1.807, 2.05) is 41.5 Å². The van der Waals surface area contributed by atoms with E-state index in [1.165, 1.54) is 0 Å². The van der Waals surface area contributed by atoms with Crippen LogP contribution >= 0.6 is 0 Å². The van der Waals surface area contributed by atoms with Crippen molar-refractivity contribution in [3.63, 3.8) is 0 Å². The minimum absolute atomic E-state index is 0.0975. The van der Waals surface area contributed by atoms with E-state index in [0.29, 0.717) is 5.84 Å². The molecule has 4 heteroatoms. The van der Waals surface area contributed by atoms with Gasteiger partial charge in [0.1, 0.15) is 11.9 Å². The van der Waals surface area contributed by atoms with Crippen LogP contribution in [0.3, 0.4) is 0 Å². The summed E-state index contributed by atoms with van der Waals surface area (Å²) in [5.74, 6) is 0.406. The van der Waals surface area contributed by atoms with Crippen molar-refractivity contribution in [2.24, 2.45) is 16.1 Å². The van der Waals surface area contributed by atoms with Gasteiger partial charge >= 0.3 is 0 Å². The lowest BCUT2D eigenvalue weighted by molar-refractivity contribution is -0.123. The number of nitrogens with zero attached hydrogens (tertiary/aromatic N) is 1. The van der Waals surface area contributed by atoms with Gasteiger partial charge in [-0.3, -0.25) is 9.79 Å². The molecule has 0 saturated heterocycles. The van der Waals surface area contributed by atoms with Crippen molar-refractivity contribution in [1.82, 2.24) is 5.32 Å². The quantitative estimate of drug-likeness (QED) is 0.557. The van der Waals surface area contributed by atoms with Crippen LogP contribution in [0.5, 0.6) is 0 Å². The number of hydrogen-bond donors (Lipinski definition) is 2. The Labute approximate surface area is 98.7 Å². The molecule has 16 heavy (non-hydrogen) atoms. The topological polar surface area (TPSA) is 67.5 Å². The minimum Gasteiger partial charge on any atom is -0.387 e. The van der Waals surface area contributed by atoms with Crippen molar-refractivity contribution >= 4 is 11.7 Å². The maximum absolute atomic E-state index is 11.7. The molecule has 0 aliphatic rings. The average Bonchev–Trinajstić information content (AvgIpc) is 1.98. The molecule has 3 N–H and O–H groups in total. The lowest BCUT2D eigenvalue weighted by Crippen LogP contribution is -2.45. The fraction of sp³-hybridized carbons (Fsp3) is 0.833. The number of amides is 1. The molecule has 0 fully saturated rings. The standard InChI is InChI=1S/C12H25N3O/c1-8(9(16)15-12(5,6)7)14-10(13)11(2,3)4/h8H,1-7H3,(H2,13,14)(H,15,16). The van der Waals surface area contributed by atoms with E-state index in [1.54, 1.807) is 6.92 Å². The molecule has 0 aliphatic heterocycles. The number of aliphatic imine (C=N–C) groups is 1. The summed E-state index contributed by atoms with van der Waals surface area (Å²) in [6, 6.07) is -0.446. The maximum atomic E-state index is 11.7. The number of rotatable bonds is 2.